The second-order valence-corrected chi connectivity index (χ2v) is 5.34. The van der Waals surface area contributed by atoms with Crippen LogP contribution in [0.3, 0.4) is 0 Å². The molecule has 1 heterocycles. The zero-order valence-corrected chi connectivity index (χ0v) is 9.60. The molecule has 0 amide bonds. The van der Waals surface area contributed by atoms with Crippen LogP contribution in [0.25, 0.3) is 0 Å². The minimum Gasteiger partial charge on any atom is -0.148 e. The van der Waals surface area contributed by atoms with E-state index in [-0.39, 0.29) is 5.41 Å². The molecule has 0 saturated heterocycles. The Balaban J connectivity index is 3.36. The van der Waals surface area contributed by atoms with Gasteiger partial charge in [0.25, 0.3) is 0 Å². The molecule has 0 aliphatic heterocycles. The summed E-state index contributed by atoms with van der Waals surface area (Å²) >= 11 is 7.01. The quantitative estimate of drug-likeness (QED) is 0.566. The first-order valence-electron chi connectivity index (χ1n) is 4.02. The lowest BCUT2D eigenvalue weighted by Crippen LogP contribution is -2.11. The molecule has 0 N–H and O–H groups in total. The molecule has 0 aliphatic rings. The number of rotatable bonds is 0. The van der Waals surface area contributed by atoms with E-state index in [0.29, 0.717) is 0 Å². The van der Waals surface area contributed by atoms with Gasteiger partial charge in [0.2, 0.25) is 0 Å². The molecule has 0 saturated carbocycles. The summed E-state index contributed by atoms with van der Waals surface area (Å²) in [5, 5.41) is 2.08. The van der Waals surface area contributed by atoms with Gasteiger partial charge in [0.1, 0.15) is 0 Å². The Morgan fingerprint density at radius 1 is 1.33 bits per heavy atom. The van der Waals surface area contributed by atoms with E-state index in [4.69, 9.17) is 12.2 Å². The van der Waals surface area contributed by atoms with Crippen LogP contribution >= 0.6 is 23.6 Å². The van der Waals surface area contributed by atoms with Crippen molar-refractivity contribution in [2.45, 2.75) is 33.1 Å². The molecule has 0 aliphatic carbocycles. The second kappa shape index (κ2) is 3.27. The summed E-state index contributed by atoms with van der Waals surface area (Å²) < 4.78 is 0.985. The Bertz CT molecular complexity index is 328. The first-order valence-corrected chi connectivity index (χ1v) is 5.30. The Hall–Kier alpha value is -0.210. The second-order valence-electron chi connectivity index (χ2n) is 3.99. The van der Waals surface area contributed by atoms with Crippen LogP contribution in [0.2, 0.25) is 0 Å². The van der Waals surface area contributed by atoms with Gasteiger partial charge in [-0.05, 0) is 29.3 Å². The van der Waals surface area contributed by atoms with Gasteiger partial charge in [0.15, 0.2) is 0 Å². The Labute approximate surface area is 83.3 Å². The maximum absolute atomic E-state index is 5.22. The lowest BCUT2D eigenvalue weighted by molar-refractivity contribution is 0.599. The number of hydrogen-bond acceptors (Lipinski definition) is 2. The van der Waals surface area contributed by atoms with Crippen molar-refractivity contribution in [1.82, 2.24) is 0 Å². The maximum atomic E-state index is 5.22. The summed E-state index contributed by atoms with van der Waals surface area (Å²) in [5.74, 6) is 0. The van der Waals surface area contributed by atoms with Crippen molar-refractivity contribution >= 4 is 23.6 Å². The summed E-state index contributed by atoms with van der Waals surface area (Å²) in [6.45, 7) is 8.78. The minimum absolute atomic E-state index is 0.226. The van der Waals surface area contributed by atoms with E-state index in [0.717, 1.165) is 4.51 Å². The molecule has 1 aromatic rings. The van der Waals surface area contributed by atoms with Gasteiger partial charge in [-0.15, -0.1) is 11.3 Å². The predicted molar refractivity (Wildman–Crippen MR) is 58.6 cm³/mol. The molecular weight excluding hydrogens is 184 g/mol. The van der Waals surface area contributed by atoms with Gasteiger partial charge in [0.05, 0.1) is 0 Å². The third kappa shape index (κ3) is 1.93. The molecule has 0 unspecified atom stereocenters. The largest absolute Gasteiger partial charge is 0.148 e. The molecule has 66 valence electrons. The van der Waals surface area contributed by atoms with Crippen molar-refractivity contribution in [1.29, 1.82) is 0 Å². The highest BCUT2D eigenvalue weighted by molar-refractivity contribution is 7.71. The van der Waals surface area contributed by atoms with E-state index in [1.54, 1.807) is 11.3 Å². The molecule has 0 bridgehead atoms. The summed E-state index contributed by atoms with van der Waals surface area (Å²) in [6.07, 6.45) is 0. The fraction of sp³-hybridized carbons (Fsp3) is 0.500. The molecule has 0 atom stereocenters. The normalized spacial score (nSPS) is 11.7. The van der Waals surface area contributed by atoms with Gasteiger partial charge < -0.3 is 0 Å². The predicted octanol–water partition coefficient (Wildman–Crippen LogP) is 4.08. The van der Waals surface area contributed by atoms with Crippen LogP contribution in [0.5, 0.6) is 0 Å². The fourth-order valence-electron chi connectivity index (χ4n) is 1.23. The third-order valence-corrected chi connectivity index (χ3v) is 3.67. The molecule has 0 spiro atoms. The van der Waals surface area contributed by atoms with E-state index >= 15 is 0 Å². The monoisotopic (exact) mass is 198 g/mol. The van der Waals surface area contributed by atoms with Crippen molar-refractivity contribution in [2.24, 2.45) is 0 Å². The highest BCUT2D eigenvalue weighted by atomic mass is 32.1. The molecule has 0 fully saturated rings. The van der Waals surface area contributed by atoms with Crippen molar-refractivity contribution in [3.8, 4) is 0 Å². The molecule has 1 aromatic heterocycles. The van der Waals surface area contributed by atoms with Crippen molar-refractivity contribution in [3.05, 3.63) is 26.4 Å². The van der Waals surface area contributed by atoms with Gasteiger partial charge in [-0.1, -0.05) is 33.0 Å². The van der Waals surface area contributed by atoms with Crippen molar-refractivity contribution in [2.75, 3.05) is 0 Å². The molecule has 0 nitrogen and oxygen atoms in total. The highest BCUT2D eigenvalue weighted by Crippen LogP contribution is 2.29. The van der Waals surface area contributed by atoms with E-state index in [9.17, 15) is 0 Å². The minimum atomic E-state index is 0.226. The van der Waals surface area contributed by atoms with Gasteiger partial charge in [-0.25, -0.2) is 0 Å². The van der Waals surface area contributed by atoms with Gasteiger partial charge in [0, 0.05) is 9.39 Å². The van der Waals surface area contributed by atoms with Crippen LogP contribution in [0.4, 0.5) is 0 Å². The van der Waals surface area contributed by atoms with Crippen molar-refractivity contribution in [3.63, 3.8) is 0 Å². The Morgan fingerprint density at radius 2 is 1.92 bits per heavy atom. The highest BCUT2D eigenvalue weighted by Gasteiger charge is 2.16. The Morgan fingerprint density at radius 3 is 2.33 bits per heavy atom. The van der Waals surface area contributed by atoms with Gasteiger partial charge in [-0.2, -0.15) is 0 Å². The molecule has 12 heavy (non-hydrogen) atoms. The zero-order chi connectivity index (χ0) is 9.35. The van der Waals surface area contributed by atoms with Crippen LogP contribution in [-0.2, 0) is 5.41 Å². The standard InChI is InChI=1S/C10H14S2/c1-7-8(11)5-6-12-9(7)10(2,3)4/h5-6H,1-4H3. The van der Waals surface area contributed by atoms with E-state index in [1.807, 2.05) is 6.07 Å². The SMILES string of the molecule is Cc1c(C(C)(C)C)sccc1=S. The lowest BCUT2D eigenvalue weighted by atomic mass is 9.92. The topological polar surface area (TPSA) is 0 Å². The van der Waals surface area contributed by atoms with Crippen LogP contribution in [0.1, 0.15) is 31.2 Å². The molecule has 0 aromatic carbocycles. The average molecular weight is 198 g/mol. The first-order chi connectivity index (χ1) is 5.43. The van der Waals surface area contributed by atoms with E-state index < -0.39 is 0 Å². The van der Waals surface area contributed by atoms with Crippen LogP contribution < -0.4 is 0 Å². The average Bonchev–Trinajstić information content (AvgIpc) is 1.92. The van der Waals surface area contributed by atoms with Crippen molar-refractivity contribution < 1.29 is 0 Å². The van der Waals surface area contributed by atoms with E-state index in [2.05, 4.69) is 33.1 Å². The molecular formula is C10H14S2. The molecule has 2 heteroatoms. The van der Waals surface area contributed by atoms with E-state index in [1.165, 1.54) is 10.4 Å². The van der Waals surface area contributed by atoms with Gasteiger partial charge in [-0.3, -0.25) is 0 Å². The smallest absolute Gasteiger partial charge is 0.0425 e. The summed E-state index contributed by atoms with van der Waals surface area (Å²) in [7, 11) is 0. The Kier molecular flexibility index (Phi) is 2.69. The fourth-order valence-corrected chi connectivity index (χ4v) is 2.53. The molecule has 1 rings (SSSR count). The zero-order valence-electron chi connectivity index (χ0n) is 7.97. The molecule has 0 radical (unpaired) electrons. The lowest BCUT2D eigenvalue weighted by Gasteiger charge is -2.19. The summed E-state index contributed by atoms with van der Waals surface area (Å²) in [4.78, 5) is 1.40. The third-order valence-electron chi connectivity index (χ3n) is 1.80. The summed E-state index contributed by atoms with van der Waals surface area (Å²) in [5.41, 5.74) is 1.49. The van der Waals surface area contributed by atoms with Crippen LogP contribution in [0, 0.1) is 11.4 Å². The van der Waals surface area contributed by atoms with Crippen LogP contribution in [0.15, 0.2) is 11.4 Å². The summed E-state index contributed by atoms with van der Waals surface area (Å²) in [6, 6.07) is 2.00. The first kappa shape index (κ1) is 9.87. The number of hydrogen-bond donors (Lipinski definition) is 0. The maximum Gasteiger partial charge on any atom is 0.0425 e. The van der Waals surface area contributed by atoms with Gasteiger partial charge >= 0.3 is 0 Å². The van der Waals surface area contributed by atoms with Crippen LogP contribution in [-0.4, -0.2) is 0 Å².